The van der Waals surface area contributed by atoms with Crippen LogP contribution in [0.15, 0.2) is 72.5 Å². The first-order valence-corrected chi connectivity index (χ1v) is 10.6. The molecule has 2 aromatic carbocycles. The second-order valence-corrected chi connectivity index (χ2v) is 8.63. The third kappa shape index (κ3) is 2.53. The summed E-state index contributed by atoms with van der Waals surface area (Å²) in [6.45, 7) is 2.01. The lowest BCUT2D eigenvalue weighted by molar-refractivity contribution is -0.123. The minimum absolute atomic E-state index is 0.0664. The number of allylic oxidation sites excluding steroid dienone is 1. The van der Waals surface area contributed by atoms with Crippen LogP contribution in [0.25, 0.3) is 11.3 Å². The van der Waals surface area contributed by atoms with Gasteiger partial charge in [0.15, 0.2) is 5.78 Å². The number of hydrogen-bond acceptors (Lipinski definition) is 3. The van der Waals surface area contributed by atoms with E-state index in [9.17, 15) is 9.90 Å². The third-order valence-electron chi connectivity index (χ3n) is 7.20. The SMILES string of the molecule is CC1C(=O)C(=CO)CC2(c3ccccc3)c3nn(C)c(-c4ccccc4)c3CCC12. The van der Waals surface area contributed by atoms with Gasteiger partial charge in [-0.3, -0.25) is 9.48 Å². The molecule has 1 N–H and O–H groups in total. The van der Waals surface area contributed by atoms with Crippen molar-refractivity contribution in [2.75, 3.05) is 0 Å². The number of carbonyl (C=O) groups excluding carboxylic acids is 1. The molecular formula is C26H26N2O2. The number of nitrogens with zero attached hydrogens (tertiary/aromatic N) is 2. The quantitative estimate of drug-likeness (QED) is 0.489. The topological polar surface area (TPSA) is 55.1 Å². The van der Waals surface area contributed by atoms with E-state index in [1.807, 2.05) is 30.8 Å². The lowest BCUT2D eigenvalue weighted by Crippen LogP contribution is -2.50. The minimum atomic E-state index is -0.415. The average molecular weight is 399 g/mol. The summed E-state index contributed by atoms with van der Waals surface area (Å²) in [5, 5.41) is 15.0. The van der Waals surface area contributed by atoms with Crippen LogP contribution in [0.3, 0.4) is 0 Å². The van der Waals surface area contributed by atoms with Crippen molar-refractivity contribution in [3.63, 3.8) is 0 Å². The zero-order chi connectivity index (χ0) is 20.9. The average Bonchev–Trinajstić information content (AvgIpc) is 3.13. The number of hydrogen-bond donors (Lipinski definition) is 1. The molecule has 2 aliphatic carbocycles. The highest BCUT2D eigenvalue weighted by Gasteiger charge is 2.55. The Balaban J connectivity index is 1.80. The number of rotatable bonds is 2. The van der Waals surface area contributed by atoms with Gasteiger partial charge in [-0.1, -0.05) is 67.6 Å². The van der Waals surface area contributed by atoms with Crippen molar-refractivity contribution in [1.82, 2.24) is 9.78 Å². The Morgan fingerprint density at radius 2 is 1.77 bits per heavy atom. The molecule has 30 heavy (non-hydrogen) atoms. The first-order chi connectivity index (χ1) is 14.6. The van der Waals surface area contributed by atoms with Gasteiger partial charge in [0.2, 0.25) is 0 Å². The molecule has 0 aliphatic heterocycles. The zero-order valence-corrected chi connectivity index (χ0v) is 17.4. The van der Waals surface area contributed by atoms with Crippen LogP contribution in [0.5, 0.6) is 0 Å². The van der Waals surface area contributed by atoms with E-state index in [1.165, 1.54) is 11.1 Å². The van der Waals surface area contributed by atoms with E-state index in [0.29, 0.717) is 12.0 Å². The number of aliphatic hydroxyl groups excluding tert-OH is 1. The van der Waals surface area contributed by atoms with Crippen LogP contribution in [0.2, 0.25) is 0 Å². The summed E-state index contributed by atoms with van der Waals surface area (Å²) in [6, 6.07) is 20.8. The van der Waals surface area contributed by atoms with Gasteiger partial charge in [0.05, 0.1) is 17.6 Å². The first-order valence-electron chi connectivity index (χ1n) is 10.6. The Hall–Kier alpha value is -3.14. The fourth-order valence-electron chi connectivity index (χ4n) is 5.89. The summed E-state index contributed by atoms with van der Waals surface area (Å²) in [7, 11) is 2.01. The van der Waals surface area contributed by atoms with Gasteiger partial charge >= 0.3 is 0 Å². The van der Waals surface area contributed by atoms with E-state index in [2.05, 4.69) is 48.5 Å². The molecule has 0 amide bonds. The highest BCUT2D eigenvalue weighted by molar-refractivity contribution is 5.98. The predicted octanol–water partition coefficient (Wildman–Crippen LogP) is 4.99. The van der Waals surface area contributed by atoms with Gasteiger partial charge in [-0.05, 0) is 30.7 Å². The van der Waals surface area contributed by atoms with E-state index in [4.69, 9.17) is 5.10 Å². The number of benzene rings is 2. The molecular weight excluding hydrogens is 372 g/mol. The van der Waals surface area contributed by atoms with Crippen molar-refractivity contribution in [3.8, 4) is 11.3 Å². The highest BCUT2D eigenvalue weighted by atomic mass is 16.2. The predicted molar refractivity (Wildman–Crippen MR) is 117 cm³/mol. The summed E-state index contributed by atoms with van der Waals surface area (Å²) in [6.07, 6.45) is 3.34. The minimum Gasteiger partial charge on any atom is -0.515 e. The van der Waals surface area contributed by atoms with Crippen LogP contribution in [0.4, 0.5) is 0 Å². The zero-order valence-electron chi connectivity index (χ0n) is 17.4. The molecule has 0 saturated heterocycles. The second kappa shape index (κ2) is 6.98. The molecule has 0 bridgehead atoms. The van der Waals surface area contributed by atoms with Crippen LogP contribution in [0, 0.1) is 11.8 Å². The Labute approximate surface area is 176 Å². The Morgan fingerprint density at radius 1 is 1.10 bits per heavy atom. The molecule has 3 aromatic rings. The Morgan fingerprint density at radius 3 is 2.43 bits per heavy atom. The van der Waals surface area contributed by atoms with Crippen LogP contribution in [0.1, 0.15) is 36.6 Å². The fourth-order valence-corrected chi connectivity index (χ4v) is 5.89. The number of ketones is 1. The highest BCUT2D eigenvalue weighted by Crippen LogP contribution is 2.56. The van der Waals surface area contributed by atoms with Crippen LogP contribution >= 0.6 is 0 Å². The third-order valence-corrected chi connectivity index (χ3v) is 7.20. The number of Topliss-reactive ketones (excluding diaryl/α,β-unsaturated/α-hetero) is 1. The van der Waals surface area contributed by atoms with E-state index < -0.39 is 5.41 Å². The summed E-state index contributed by atoms with van der Waals surface area (Å²) in [5.74, 6) is 0.0616. The van der Waals surface area contributed by atoms with E-state index in [1.54, 1.807) is 0 Å². The molecule has 4 nitrogen and oxygen atoms in total. The normalized spacial score (nSPS) is 27.0. The lowest BCUT2D eigenvalue weighted by Gasteiger charge is -2.49. The summed E-state index contributed by atoms with van der Waals surface area (Å²) in [5.41, 5.74) is 5.90. The maximum atomic E-state index is 12.9. The number of aryl methyl sites for hydroxylation is 1. The largest absolute Gasteiger partial charge is 0.515 e. The number of aromatic nitrogens is 2. The van der Waals surface area contributed by atoms with Gasteiger partial charge in [0.25, 0.3) is 0 Å². The molecule has 152 valence electrons. The molecule has 4 heteroatoms. The molecule has 3 atom stereocenters. The van der Waals surface area contributed by atoms with Crippen molar-refractivity contribution < 1.29 is 9.90 Å². The van der Waals surface area contributed by atoms with E-state index in [0.717, 1.165) is 36.1 Å². The maximum absolute atomic E-state index is 12.9. The molecule has 1 heterocycles. The van der Waals surface area contributed by atoms with Crippen molar-refractivity contribution in [1.29, 1.82) is 0 Å². The molecule has 1 aromatic heterocycles. The molecule has 3 unspecified atom stereocenters. The van der Waals surface area contributed by atoms with Crippen molar-refractivity contribution >= 4 is 5.78 Å². The lowest BCUT2D eigenvalue weighted by atomic mass is 9.52. The number of fused-ring (bicyclic) bond motifs is 3. The Kier molecular flexibility index (Phi) is 4.39. The fraction of sp³-hybridized carbons (Fsp3) is 0.308. The van der Waals surface area contributed by atoms with Gasteiger partial charge in [-0.15, -0.1) is 0 Å². The Bertz CT molecular complexity index is 1130. The molecule has 5 rings (SSSR count). The van der Waals surface area contributed by atoms with Crippen LogP contribution < -0.4 is 0 Å². The van der Waals surface area contributed by atoms with E-state index >= 15 is 0 Å². The summed E-state index contributed by atoms with van der Waals surface area (Å²) < 4.78 is 2.00. The summed E-state index contributed by atoms with van der Waals surface area (Å²) in [4.78, 5) is 12.9. The van der Waals surface area contributed by atoms with Gasteiger partial charge in [-0.25, -0.2) is 0 Å². The number of carbonyl (C=O) groups is 1. The first kappa shape index (κ1) is 18.9. The monoisotopic (exact) mass is 398 g/mol. The molecule has 0 spiro atoms. The smallest absolute Gasteiger partial charge is 0.165 e. The molecule has 1 fully saturated rings. The van der Waals surface area contributed by atoms with Gasteiger partial charge < -0.3 is 5.11 Å². The standard InChI is InChI=1S/C26H26N2O2/c1-17-22-14-13-21-23(18-9-5-3-6-10-18)28(2)27-25(21)26(22,15-19(16-29)24(17)30)20-11-7-4-8-12-20/h3-12,16-17,22,29H,13-15H2,1-2H3. The van der Waals surface area contributed by atoms with Crippen LogP contribution in [-0.4, -0.2) is 20.7 Å². The molecule has 2 aliphatic rings. The molecule has 0 radical (unpaired) electrons. The van der Waals surface area contributed by atoms with Crippen LogP contribution in [-0.2, 0) is 23.7 Å². The summed E-state index contributed by atoms with van der Waals surface area (Å²) >= 11 is 0. The van der Waals surface area contributed by atoms with E-state index in [-0.39, 0.29) is 17.6 Å². The number of aliphatic hydroxyl groups is 1. The molecule has 1 saturated carbocycles. The maximum Gasteiger partial charge on any atom is 0.165 e. The van der Waals surface area contributed by atoms with Crippen molar-refractivity contribution in [3.05, 3.63) is 89.3 Å². The second-order valence-electron chi connectivity index (χ2n) is 8.63. The van der Waals surface area contributed by atoms with Gasteiger partial charge in [0, 0.05) is 35.1 Å². The van der Waals surface area contributed by atoms with Gasteiger partial charge in [0.1, 0.15) is 0 Å². The van der Waals surface area contributed by atoms with Gasteiger partial charge in [-0.2, -0.15) is 5.10 Å². The van der Waals surface area contributed by atoms with Crippen molar-refractivity contribution in [2.24, 2.45) is 18.9 Å². The van der Waals surface area contributed by atoms with Crippen molar-refractivity contribution in [2.45, 2.75) is 31.6 Å².